The van der Waals surface area contributed by atoms with E-state index in [1.807, 2.05) is 19.9 Å². The molecule has 3 atom stereocenters. The molecular weight excluding hydrogens is 416 g/mol. The van der Waals surface area contributed by atoms with Crippen LogP contribution in [0.3, 0.4) is 0 Å². The lowest BCUT2D eigenvalue weighted by Crippen LogP contribution is -2.59. The highest BCUT2D eigenvalue weighted by atomic mass is 28.4. The van der Waals surface area contributed by atoms with Gasteiger partial charge in [0.25, 0.3) is 0 Å². The molecule has 1 aliphatic carbocycles. The second-order valence-corrected chi connectivity index (χ2v) is 16.5. The summed E-state index contributed by atoms with van der Waals surface area (Å²) < 4.78 is 19.9. The van der Waals surface area contributed by atoms with Crippen molar-refractivity contribution in [2.75, 3.05) is 0 Å². The minimum atomic E-state index is -2.14. The summed E-state index contributed by atoms with van der Waals surface area (Å²) in [5, 5.41) is 0. The molecule has 0 amide bonds. The first-order valence-corrected chi connectivity index (χ1v) is 15.0. The molecule has 1 aliphatic heterocycles. The Hall–Kier alpha value is -0.753. The molecule has 0 bridgehead atoms. The second kappa shape index (κ2) is 11.1. The zero-order valence-electron chi connectivity index (χ0n) is 22.1. The van der Waals surface area contributed by atoms with E-state index in [1.165, 1.54) is 6.42 Å². The maximum Gasteiger partial charge on any atom is 0.201 e. The van der Waals surface area contributed by atoms with Crippen LogP contribution in [0.15, 0.2) is 24.3 Å². The van der Waals surface area contributed by atoms with Gasteiger partial charge < -0.3 is 13.9 Å². The van der Waals surface area contributed by atoms with Gasteiger partial charge in [0.1, 0.15) is 6.10 Å². The first kappa shape index (κ1) is 27.5. The van der Waals surface area contributed by atoms with Gasteiger partial charge >= 0.3 is 0 Å². The summed E-state index contributed by atoms with van der Waals surface area (Å²) in [6.45, 7) is 19.8. The molecule has 0 N–H and O–H groups in total. The number of unbranched alkanes of at least 4 members (excludes halogenated alkanes) is 3. The Bertz CT molecular complexity index is 657. The van der Waals surface area contributed by atoms with Gasteiger partial charge in [-0.25, -0.2) is 0 Å². The molecule has 184 valence electrons. The van der Waals surface area contributed by atoms with E-state index in [0.717, 1.165) is 25.7 Å². The number of hydrogen-bond donors (Lipinski definition) is 0. The Morgan fingerprint density at radius 1 is 1.03 bits per heavy atom. The zero-order chi connectivity index (χ0) is 24.2. The number of ketones is 1. The molecule has 2 aliphatic rings. The third-order valence-corrected chi connectivity index (χ3v) is 13.4. The molecular formula is C27H48O4Si. The number of ether oxygens (including phenoxy) is 2. The molecule has 0 aromatic carbocycles. The quantitative estimate of drug-likeness (QED) is 0.170. The van der Waals surface area contributed by atoms with Crippen molar-refractivity contribution in [1.82, 2.24) is 0 Å². The smallest absolute Gasteiger partial charge is 0.201 e. The summed E-state index contributed by atoms with van der Waals surface area (Å²) in [6, 6.07) is 0. The fraction of sp³-hybridized carbons (Fsp3) is 0.815. The van der Waals surface area contributed by atoms with E-state index in [0.29, 0.717) is 23.0 Å². The van der Waals surface area contributed by atoms with E-state index in [1.54, 1.807) is 6.08 Å². The molecule has 5 heteroatoms. The van der Waals surface area contributed by atoms with Crippen molar-refractivity contribution in [3.63, 3.8) is 0 Å². The number of allylic oxidation sites excluding steroid dienone is 2. The molecule has 1 fully saturated rings. The molecule has 0 spiro atoms. The molecule has 1 saturated heterocycles. The van der Waals surface area contributed by atoms with Crippen molar-refractivity contribution in [3.8, 4) is 0 Å². The third-order valence-electron chi connectivity index (χ3n) is 7.29. The maximum atomic E-state index is 13.3. The predicted molar refractivity (Wildman–Crippen MR) is 135 cm³/mol. The maximum absolute atomic E-state index is 13.3. The minimum absolute atomic E-state index is 0.0281. The van der Waals surface area contributed by atoms with Gasteiger partial charge in [0, 0.05) is 0 Å². The standard InChI is InChI=1S/C27H48O4Si/c1-10-11-12-13-14-15-16-19-27-24(28)18-17-23(25(27)29-26(8,9)31-27)30-32(20(2)3,21(4)5)22(6)7/h12-13,17-18,20-23,25H,10-11,14-16,19H2,1-9H3/b13-12-/t23?,25-,27+/m1/s1. The largest absolute Gasteiger partial charge is 0.407 e. The lowest BCUT2D eigenvalue weighted by atomic mass is 9.80. The second-order valence-electron chi connectivity index (χ2n) is 11.1. The Labute approximate surface area is 198 Å². The fourth-order valence-electron chi connectivity index (χ4n) is 5.98. The average molecular weight is 465 g/mol. The van der Waals surface area contributed by atoms with E-state index in [4.69, 9.17) is 13.9 Å². The number of rotatable bonds is 12. The van der Waals surface area contributed by atoms with Crippen molar-refractivity contribution in [3.05, 3.63) is 24.3 Å². The van der Waals surface area contributed by atoms with Crippen LogP contribution in [0.2, 0.25) is 16.6 Å². The first-order chi connectivity index (χ1) is 14.9. The summed E-state index contributed by atoms with van der Waals surface area (Å²) >= 11 is 0. The van der Waals surface area contributed by atoms with Crippen molar-refractivity contribution < 1.29 is 18.7 Å². The SMILES string of the molecule is CCC/C=C\CCCC[C@@]12OC(C)(C)O[C@@H]1C(O[Si](C(C)C)(C(C)C)C(C)C)C=CC2=O. The Kier molecular flexibility index (Phi) is 9.55. The summed E-state index contributed by atoms with van der Waals surface area (Å²) in [7, 11) is -2.14. The third kappa shape index (κ3) is 5.65. The van der Waals surface area contributed by atoms with Gasteiger partial charge in [-0.1, -0.05) is 73.1 Å². The lowest BCUT2D eigenvalue weighted by Gasteiger charge is -2.47. The number of fused-ring (bicyclic) bond motifs is 1. The summed E-state index contributed by atoms with van der Waals surface area (Å²) in [4.78, 5) is 13.3. The molecule has 1 unspecified atom stereocenters. The van der Waals surface area contributed by atoms with Gasteiger partial charge in [0.05, 0.1) is 6.10 Å². The van der Waals surface area contributed by atoms with Crippen molar-refractivity contribution in [2.24, 2.45) is 0 Å². The molecule has 1 heterocycles. The molecule has 2 rings (SSSR count). The van der Waals surface area contributed by atoms with Gasteiger partial charge in [0.2, 0.25) is 8.32 Å². The van der Waals surface area contributed by atoms with Gasteiger partial charge in [0.15, 0.2) is 17.2 Å². The van der Waals surface area contributed by atoms with Crippen LogP contribution in [0.1, 0.15) is 101 Å². The highest BCUT2D eigenvalue weighted by molar-refractivity contribution is 6.77. The molecule has 0 aromatic rings. The highest BCUT2D eigenvalue weighted by Gasteiger charge is 2.62. The van der Waals surface area contributed by atoms with Crippen LogP contribution in [-0.4, -0.2) is 37.7 Å². The van der Waals surface area contributed by atoms with E-state index < -0.39 is 25.8 Å². The highest BCUT2D eigenvalue weighted by Crippen LogP contribution is 2.49. The first-order valence-electron chi connectivity index (χ1n) is 12.9. The number of carbonyl (C=O) groups is 1. The van der Waals surface area contributed by atoms with Crippen LogP contribution in [0.5, 0.6) is 0 Å². The Morgan fingerprint density at radius 2 is 1.62 bits per heavy atom. The van der Waals surface area contributed by atoms with Crippen LogP contribution in [0.25, 0.3) is 0 Å². The van der Waals surface area contributed by atoms with Crippen LogP contribution < -0.4 is 0 Å². The van der Waals surface area contributed by atoms with E-state index >= 15 is 0 Å². The van der Waals surface area contributed by atoms with Crippen LogP contribution in [0.4, 0.5) is 0 Å². The van der Waals surface area contributed by atoms with Crippen LogP contribution in [0, 0.1) is 0 Å². The topological polar surface area (TPSA) is 44.8 Å². The molecule has 0 saturated carbocycles. The monoisotopic (exact) mass is 464 g/mol. The summed E-state index contributed by atoms with van der Waals surface area (Å²) in [5.41, 5.74) is 0.454. The van der Waals surface area contributed by atoms with Crippen LogP contribution in [-0.2, 0) is 18.7 Å². The Morgan fingerprint density at radius 3 is 2.19 bits per heavy atom. The summed E-state index contributed by atoms with van der Waals surface area (Å²) in [6.07, 6.45) is 13.5. The zero-order valence-corrected chi connectivity index (χ0v) is 23.1. The molecule has 0 radical (unpaired) electrons. The Balaban J connectivity index is 2.27. The van der Waals surface area contributed by atoms with Gasteiger partial charge in [-0.2, -0.15) is 0 Å². The minimum Gasteiger partial charge on any atom is -0.407 e. The number of carbonyl (C=O) groups excluding carboxylic acids is 1. The van der Waals surface area contributed by atoms with E-state index in [2.05, 4.69) is 60.6 Å². The summed E-state index contributed by atoms with van der Waals surface area (Å²) in [5.74, 6) is -0.771. The molecule has 0 aromatic heterocycles. The van der Waals surface area contributed by atoms with Crippen molar-refractivity contribution in [1.29, 1.82) is 0 Å². The van der Waals surface area contributed by atoms with Gasteiger partial charge in [-0.05, 0) is 68.7 Å². The van der Waals surface area contributed by atoms with Crippen LogP contribution >= 0.6 is 0 Å². The molecule has 32 heavy (non-hydrogen) atoms. The van der Waals surface area contributed by atoms with E-state index in [9.17, 15) is 4.79 Å². The predicted octanol–water partition coefficient (Wildman–Crippen LogP) is 7.49. The van der Waals surface area contributed by atoms with Gasteiger partial charge in [-0.15, -0.1) is 0 Å². The van der Waals surface area contributed by atoms with Gasteiger partial charge in [-0.3, -0.25) is 4.79 Å². The van der Waals surface area contributed by atoms with Crippen molar-refractivity contribution >= 4 is 14.1 Å². The normalized spacial score (nSPS) is 27.9. The fourth-order valence-corrected chi connectivity index (χ4v) is 11.5. The average Bonchev–Trinajstić information content (AvgIpc) is 2.98. The molecule has 4 nitrogen and oxygen atoms in total. The van der Waals surface area contributed by atoms with Crippen molar-refractivity contribution in [2.45, 2.75) is 141 Å². The van der Waals surface area contributed by atoms with E-state index in [-0.39, 0.29) is 11.9 Å². The lowest BCUT2D eigenvalue weighted by molar-refractivity contribution is -0.171. The number of hydrogen-bond acceptors (Lipinski definition) is 4.